The van der Waals surface area contributed by atoms with Gasteiger partial charge in [-0.05, 0) is 55.8 Å². The second kappa shape index (κ2) is 6.74. The zero-order valence-corrected chi connectivity index (χ0v) is 15.6. The molecule has 0 spiro atoms. The van der Waals surface area contributed by atoms with E-state index in [-0.39, 0.29) is 10.7 Å². The highest BCUT2D eigenvalue weighted by atomic mass is 32.2. The first-order chi connectivity index (χ1) is 13.0. The molecule has 0 aliphatic heterocycles. The molecule has 7 heteroatoms. The van der Waals surface area contributed by atoms with Gasteiger partial charge < -0.3 is 9.15 Å². The summed E-state index contributed by atoms with van der Waals surface area (Å²) in [5, 5.41) is 0.654. The monoisotopic (exact) mass is 385 g/mol. The van der Waals surface area contributed by atoms with Gasteiger partial charge in [0.25, 0.3) is 10.0 Å². The molecule has 0 bridgehead atoms. The summed E-state index contributed by atoms with van der Waals surface area (Å²) in [5.74, 6) is 1.34. The number of carbonyl (C=O) groups is 1. The molecule has 1 aromatic heterocycles. The molecule has 0 amide bonds. The Morgan fingerprint density at radius 3 is 2.63 bits per heavy atom. The van der Waals surface area contributed by atoms with Gasteiger partial charge in [-0.2, -0.15) is 0 Å². The Balaban J connectivity index is 1.66. The van der Waals surface area contributed by atoms with Gasteiger partial charge in [0, 0.05) is 23.9 Å². The van der Waals surface area contributed by atoms with Crippen molar-refractivity contribution in [1.82, 2.24) is 0 Å². The van der Waals surface area contributed by atoms with Gasteiger partial charge in [-0.1, -0.05) is 0 Å². The van der Waals surface area contributed by atoms with Crippen molar-refractivity contribution in [3.05, 3.63) is 53.8 Å². The van der Waals surface area contributed by atoms with Gasteiger partial charge in [0.2, 0.25) is 0 Å². The molecule has 1 aliphatic carbocycles. The molecule has 0 unspecified atom stereocenters. The number of ketones is 1. The van der Waals surface area contributed by atoms with Crippen LogP contribution in [0, 0.1) is 0 Å². The number of furan rings is 1. The molecule has 4 rings (SSSR count). The van der Waals surface area contributed by atoms with Crippen LogP contribution in [0.5, 0.6) is 5.75 Å². The summed E-state index contributed by atoms with van der Waals surface area (Å²) < 4.78 is 39.0. The zero-order valence-electron chi connectivity index (χ0n) is 14.8. The molecule has 1 aliphatic rings. The Morgan fingerprint density at radius 1 is 1.11 bits per heavy atom. The fraction of sp³-hybridized carbons (Fsp3) is 0.250. The summed E-state index contributed by atoms with van der Waals surface area (Å²) in [6, 6.07) is 11.2. The average molecular weight is 385 g/mol. The Hall–Kier alpha value is -2.80. The lowest BCUT2D eigenvalue weighted by atomic mass is 9.94. The maximum absolute atomic E-state index is 12.7. The molecule has 140 valence electrons. The summed E-state index contributed by atoms with van der Waals surface area (Å²) in [5.41, 5.74) is 1.57. The van der Waals surface area contributed by atoms with Gasteiger partial charge in [0.15, 0.2) is 5.78 Å². The topological polar surface area (TPSA) is 85.6 Å². The predicted molar refractivity (Wildman–Crippen MR) is 102 cm³/mol. The van der Waals surface area contributed by atoms with E-state index in [9.17, 15) is 13.2 Å². The Kier molecular flexibility index (Phi) is 4.39. The molecule has 0 fully saturated rings. The second-order valence-corrected chi connectivity index (χ2v) is 8.08. The number of benzene rings is 2. The number of anilines is 1. The van der Waals surface area contributed by atoms with Crippen LogP contribution in [0.1, 0.15) is 35.9 Å². The van der Waals surface area contributed by atoms with E-state index >= 15 is 0 Å². The van der Waals surface area contributed by atoms with Crippen LogP contribution in [0.15, 0.2) is 51.8 Å². The first-order valence-electron chi connectivity index (χ1n) is 8.82. The minimum absolute atomic E-state index is 0.0431. The van der Waals surface area contributed by atoms with Crippen molar-refractivity contribution in [2.24, 2.45) is 0 Å². The van der Waals surface area contributed by atoms with Crippen molar-refractivity contribution in [3.8, 4) is 5.75 Å². The van der Waals surface area contributed by atoms with E-state index in [0.717, 1.165) is 12.8 Å². The molecule has 1 N–H and O–H groups in total. The summed E-state index contributed by atoms with van der Waals surface area (Å²) in [7, 11) is -3.75. The van der Waals surface area contributed by atoms with E-state index in [4.69, 9.17) is 9.15 Å². The molecule has 0 saturated carbocycles. The third kappa shape index (κ3) is 3.30. The fourth-order valence-corrected chi connectivity index (χ4v) is 4.37. The van der Waals surface area contributed by atoms with Gasteiger partial charge in [-0.25, -0.2) is 8.42 Å². The van der Waals surface area contributed by atoms with Crippen LogP contribution in [0.25, 0.3) is 11.0 Å². The second-order valence-electron chi connectivity index (χ2n) is 6.40. The van der Waals surface area contributed by atoms with Crippen LogP contribution < -0.4 is 9.46 Å². The van der Waals surface area contributed by atoms with Gasteiger partial charge in [-0.3, -0.25) is 9.52 Å². The predicted octanol–water partition coefficient (Wildman–Crippen LogP) is 4.15. The summed E-state index contributed by atoms with van der Waals surface area (Å²) >= 11 is 0. The number of rotatable bonds is 5. The van der Waals surface area contributed by atoms with E-state index in [1.54, 1.807) is 30.3 Å². The number of fused-ring (bicyclic) bond motifs is 3. The SMILES string of the molecule is CCOc1ccc(S(=O)(=O)Nc2ccc3oc4c(c3c2)C(=O)CCC4)cc1. The molecule has 0 atom stereocenters. The highest BCUT2D eigenvalue weighted by Crippen LogP contribution is 2.34. The lowest BCUT2D eigenvalue weighted by molar-refractivity contribution is 0.0971. The number of aryl methyl sites for hydroxylation is 1. The smallest absolute Gasteiger partial charge is 0.261 e. The molecular formula is C20H19NO5S. The maximum atomic E-state index is 12.7. The molecule has 2 aromatic carbocycles. The van der Waals surface area contributed by atoms with Gasteiger partial charge in [0.1, 0.15) is 17.1 Å². The molecule has 27 heavy (non-hydrogen) atoms. The number of sulfonamides is 1. The first kappa shape index (κ1) is 17.6. The number of carbonyl (C=O) groups excluding carboxylic acids is 1. The third-order valence-electron chi connectivity index (χ3n) is 4.54. The van der Waals surface area contributed by atoms with Crippen LogP contribution in [0.3, 0.4) is 0 Å². The van der Waals surface area contributed by atoms with Gasteiger partial charge >= 0.3 is 0 Å². The summed E-state index contributed by atoms with van der Waals surface area (Å²) in [4.78, 5) is 12.4. The fourth-order valence-electron chi connectivity index (χ4n) is 3.32. The van der Waals surface area contributed by atoms with E-state index < -0.39 is 10.0 Å². The number of nitrogens with one attached hydrogen (secondary N) is 1. The molecule has 3 aromatic rings. The maximum Gasteiger partial charge on any atom is 0.261 e. The summed E-state index contributed by atoms with van der Waals surface area (Å²) in [6.45, 7) is 2.37. The molecular weight excluding hydrogens is 366 g/mol. The Morgan fingerprint density at radius 2 is 1.89 bits per heavy atom. The summed E-state index contributed by atoms with van der Waals surface area (Å²) in [6.07, 6.45) is 2.00. The normalized spacial score (nSPS) is 14.2. The molecule has 0 radical (unpaired) electrons. The van der Waals surface area contributed by atoms with Crippen LogP contribution in [-0.4, -0.2) is 20.8 Å². The lowest BCUT2D eigenvalue weighted by Gasteiger charge is -2.10. The van der Waals surface area contributed by atoms with Crippen molar-refractivity contribution in [1.29, 1.82) is 0 Å². The van der Waals surface area contributed by atoms with Crippen molar-refractivity contribution < 1.29 is 22.4 Å². The Labute approximate surface area is 157 Å². The van der Waals surface area contributed by atoms with Crippen LogP contribution in [-0.2, 0) is 16.4 Å². The van der Waals surface area contributed by atoms with Crippen LogP contribution in [0.4, 0.5) is 5.69 Å². The lowest BCUT2D eigenvalue weighted by Crippen LogP contribution is -2.13. The highest BCUT2D eigenvalue weighted by molar-refractivity contribution is 7.92. The van der Waals surface area contributed by atoms with Crippen molar-refractivity contribution in [2.75, 3.05) is 11.3 Å². The van der Waals surface area contributed by atoms with Gasteiger partial charge in [0.05, 0.1) is 17.1 Å². The largest absolute Gasteiger partial charge is 0.494 e. The minimum Gasteiger partial charge on any atom is -0.494 e. The van der Waals surface area contributed by atoms with Crippen molar-refractivity contribution >= 4 is 32.5 Å². The van der Waals surface area contributed by atoms with Gasteiger partial charge in [-0.15, -0.1) is 0 Å². The minimum atomic E-state index is -3.75. The van der Waals surface area contributed by atoms with E-state index in [0.29, 0.717) is 46.8 Å². The van der Waals surface area contributed by atoms with E-state index in [2.05, 4.69) is 4.72 Å². The van der Waals surface area contributed by atoms with Crippen molar-refractivity contribution in [3.63, 3.8) is 0 Å². The standard InChI is InChI=1S/C20H19NO5S/c1-2-25-14-7-9-15(10-8-14)27(23,24)21-13-6-11-18-16(12-13)20-17(22)4-3-5-19(20)26-18/h6-12,21H,2-5H2,1H3. The number of hydrogen-bond donors (Lipinski definition) is 1. The number of Topliss-reactive ketones (excluding diaryl/α,β-unsaturated/α-hetero) is 1. The zero-order chi connectivity index (χ0) is 19.0. The average Bonchev–Trinajstić information content (AvgIpc) is 3.01. The number of ether oxygens (including phenoxy) is 1. The third-order valence-corrected chi connectivity index (χ3v) is 5.94. The van der Waals surface area contributed by atoms with Crippen LogP contribution >= 0.6 is 0 Å². The van der Waals surface area contributed by atoms with Crippen LogP contribution in [0.2, 0.25) is 0 Å². The highest BCUT2D eigenvalue weighted by Gasteiger charge is 2.25. The quantitative estimate of drug-likeness (QED) is 0.713. The van der Waals surface area contributed by atoms with E-state index in [1.165, 1.54) is 12.1 Å². The number of hydrogen-bond acceptors (Lipinski definition) is 5. The Bertz CT molecular complexity index is 1110. The first-order valence-corrected chi connectivity index (χ1v) is 10.3. The molecule has 0 saturated heterocycles. The molecule has 1 heterocycles. The molecule has 6 nitrogen and oxygen atoms in total. The van der Waals surface area contributed by atoms with E-state index in [1.807, 2.05) is 6.92 Å². The van der Waals surface area contributed by atoms with Crippen molar-refractivity contribution in [2.45, 2.75) is 31.1 Å².